The Balaban J connectivity index is 2.15. The van der Waals surface area contributed by atoms with Gasteiger partial charge in [-0.2, -0.15) is 13.2 Å². The molecule has 0 saturated heterocycles. The van der Waals surface area contributed by atoms with Gasteiger partial charge in [-0.1, -0.05) is 26.0 Å². The lowest BCUT2D eigenvalue weighted by atomic mass is 9.92. The molecule has 1 aromatic rings. The van der Waals surface area contributed by atoms with E-state index < -0.39 is 11.7 Å². The fourth-order valence-electron chi connectivity index (χ4n) is 2.64. The van der Waals surface area contributed by atoms with Gasteiger partial charge in [0.15, 0.2) is 0 Å². The molecule has 1 unspecified atom stereocenters. The minimum absolute atomic E-state index is 0.142. The monoisotopic (exact) mass is 257 g/mol. The molecule has 0 aromatic heterocycles. The van der Waals surface area contributed by atoms with Crippen molar-refractivity contribution >= 4 is 5.69 Å². The maximum atomic E-state index is 12.8. The summed E-state index contributed by atoms with van der Waals surface area (Å²) in [5, 5.41) is 3.05. The highest BCUT2D eigenvalue weighted by Gasteiger charge is 2.35. The molecule has 0 aliphatic heterocycles. The summed E-state index contributed by atoms with van der Waals surface area (Å²) in [6, 6.07) is 5.84. The number of rotatable bonds is 2. The number of benzene rings is 1. The van der Waals surface area contributed by atoms with Crippen LogP contribution >= 0.6 is 0 Å². The highest BCUT2D eigenvalue weighted by Crippen LogP contribution is 2.40. The van der Waals surface area contributed by atoms with E-state index in [1.165, 1.54) is 12.1 Å². The lowest BCUT2D eigenvalue weighted by molar-refractivity contribution is -0.137. The van der Waals surface area contributed by atoms with E-state index in [1.807, 2.05) is 0 Å². The van der Waals surface area contributed by atoms with Crippen molar-refractivity contribution in [2.24, 2.45) is 5.41 Å². The van der Waals surface area contributed by atoms with Crippen molar-refractivity contribution in [3.8, 4) is 0 Å². The van der Waals surface area contributed by atoms with Crippen molar-refractivity contribution in [3.05, 3.63) is 29.8 Å². The van der Waals surface area contributed by atoms with Gasteiger partial charge in [-0.25, -0.2) is 0 Å². The minimum Gasteiger partial charge on any atom is -0.382 e. The number of nitrogens with one attached hydrogen (secondary N) is 1. The first kappa shape index (κ1) is 13.2. The Morgan fingerprint density at radius 2 is 1.89 bits per heavy atom. The summed E-state index contributed by atoms with van der Waals surface area (Å²) < 4.78 is 38.5. The lowest BCUT2D eigenvalue weighted by Gasteiger charge is -2.21. The number of hydrogen-bond acceptors (Lipinski definition) is 1. The van der Waals surface area contributed by atoms with E-state index in [1.54, 1.807) is 6.07 Å². The Morgan fingerprint density at radius 3 is 2.44 bits per heavy atom. The topological polar surface area (TPSA) is 12.0 Å². The Labute approximate surface area is 105 Å². The molecule has 0 heterocycles. The van der Waals surface area contributed by atoms with Gasteiger partial charge in [-0.15, -0.1) is 0 Å². The molecule has 1 nitrogen and oxygen atoms in total. The zero-order chi connectivity index (χ0) is 13.4. The van der Waals surface area contributed by atoms with Crippen LogP contribution in [0.4, 0.5) is 18.9 Å². The van der Waals surface area contributed by atoms with E-state index in [0.717, 1.165) is 25.3 Å². The molecule has 2 rings (SSSR count). The first-order chi connectivity index (χ1) is 8.28. The first-order valence-electron chi connectivity index (χ1n) is 6.21. The molecular weight excluding hydrogens is 239 g/mol. The number of alkyl halides is 3. The van der Waals surface area contributed by atoms with Gasteiger partial charge < -0.3 is 5.32 Å². The van der Waals surface area contributed by atoms with Gasteiger partial charge in [0.1, 0.15) is 0 Å². The fourth-order valence-corrected chi connectivity index (χ4v) is 2.64. The molecule has 1 N–H and O–H groups in total. The van der Waals surface area contributed by atoms with Crippen molar-refractivity contribution in [1.29, 1.82) is 0 Å². The summed E-state index contributed by atoms with van der Waals surface area (Å²) in [5.74, 6) is 0. The molecule has 18 heavy (non-hydrogen) atoms. The molecule has 100 valence electrons. The molecule has 1 aromatic carbocycles. The van der Waals surface area contributed by atoms with Gasteiger partial charge in [0, 0.05) is 11.7 Å². The predicted octanol–water partition coefficient (Wildman–Crippen LogP) is 4.70. The average Bonchev–Trinajstić information content (AvgIpc) is 2.57. The van der Waals surface area contributed by atoms with Gasteiger partial charge in [0.05, 0.1) is 5.56 Å². The predicted molar refractivity (Wildman–Crippen MR) is 66.5 cm³/mol. The van der Waals surface area contributed by atoms with E-state index in [4.69, 9.17) is 0 Å². The summed E-state index contributed by atoms with van der Waals surface area (Å²) in [4.78, 5) is 0. The number of halogens is 3. The van der Waals surface area contributed by atoms with Crippen LogP contribution in [0.15, 0.2) is 24.3 Å². The zero-order valence-electron chi connectivity index (χ0n) is 10.6. The van der Waals surface area contributed by atoms with Crippen molar-refractivity contribution < 1.29 is 13.2 Å². The Morgan fingerprint density at radius 1 is 1.22 bits per heavy atom. The van der Waals surface area contributed by atoms with Crippen molar-refractivity contribution in [1.82, 2.24) is 0 Å². The highest BCUT2D eigenvalue weighted by molar-refractivity contribution is 5.53. The smallest absolute Gasteiger partial charge is 0.382 e. The summed E-state index contributed by atoms with van der Waals surface area (Å²) in [7, 11) is 0. The van der Waals surface area contributed by atoms with E-state index in [0.29, 0.717) is 0 Å². The maximum Gasteiger partial charge on any atom is 0.418 e. The summed E-state index contributed by atoms with van der Waals surface area (Å²) in [5.41, 5.74) is -0.146. The molecule has 1 aliphatic rings. The average molecular weight is 257 g/mol. The van der Waals surface area contributed by atoms with Crippen molar-refractivity contribution in [2.75, 3.05) is 5.32 Å². The molecule has 1 atom stereocenters. The second-order valence-electron chi connectivity index (χ2n) is 5.79. The molecule has 1 fully saturated rings. The van der Waals surface area contributed by atoms with E-state index in [-0.39, 0.29) is 17.1 Å². The van der Waals surface area contributed by atoms with E-state index in [2.05, 4.69) is 19.2 Å². The lowest BCUT2D eigenvalue weighted by Crippen LogP contribution is -2.20. The Hall–Kier alpha value is -1.19. The van der Waals surface area contributed by atoms with Crippen LogP contribution in [-0.4, -0.2) is 6.04 Å². The van der Waals surface area contributed by atoms with Gasteiger partial charge in [0.2, 0.25) is 0 Å². The third-order valence-corrected chi connectivity index (χ3v) is 3.56. The van der Waals surface area contributed by atoms with Gasteiger partial charge in [-0.3, -0.25) is 0 Å². The second-order valence-corrected chi connectivity index (χ2v) is 5.79. The van der Waals surface area contributed by atoms with Crippen LogP contribution in [0.1, 0.15) is 38.7 Å². The van der Waals surface area contributed by atoms with Gasteiger partial charge >= 0.3 is 6.18 Å². The number of hydrogen-bond donors (Lipinski definition) is 1. The minimum atomic E-state index is -4.29. The van der Waals surface area contributed by atoms with Crippen LogP contribution < -0.4 is 5.32 Å². The molecule has 0 radical (unpaired) electrons. The SMILES string of the molecule is CC1(C)CCC(Nc2ccccc2C(F)(F)F)C1. The Bertz CT molecular complexity index is 423. The van der Waals surface area contributed by atoms with E-state index >= 15 is 0 Å². The quantitative estimate of drug-likeness (QED) is 0.810. The Kier molecular flexibility index (Phi) is 3.30. The molecule has 0 amide bonds. The van der Waals surface area contributed by atoms with Crippen LogP contribution in [-0.2, 0) is 6.18 Å². The fraction of sp³-hybridized carbons (Fsp3) is 0.571. The van der Waals surface area contributed by atoms with E-state index in [9.17, 15) is 13.2 Å². The van der Waals surface area contributed by atoms with Gasteiger partial charge in [-0.05, 0) is 36.8 Å². The molecule has 4 heteroatoms. The van der Waals surface area contributed by atoms with Crippen LogP contribution in [0.25, 0.3) is 0 Å². The second kappa shape index (κ2) is 4.48. The maximum absolute atomic E-state index is 12.8. The normalized spacial score (nSPS) is 23.1. The highest BCUT2D eigenvalue weighted by atomic mass is 19.4. The summed E-state index contributed by atoms with van der Waals surface area (Å²) in [6.07, 6.45) is -1.39. The van der Waals surface area contributed by atoms with Crippen LogP contribution in [0.2, 0.25) is 0 Å². The standard InChI is InChI=1S/C14H18F3N/c1-13(2)8-7-10(9-13)18-12-6-4-3-5-11(12)14(15,16)17/h3-6,10,18H,7-9H2,1-2H3. The molecule has 1 aliphatic carbocycles. The molecule has 0 spiro atoms. The summed E-state index contributed by atoms with van der Waals surface area (Å²) in [6.45, 7) is 4.31. The third kappa shape index (κ3) is 2.98. The van der Waals surface area contributed by atoms with Crippen molar-refractivity contribution in [3.63, 3.8) is 0 Å². The zero-order valence-corrected chi connectivity index (χ0v) is 10.6. The largest absolute Gasteiger partial charge is 0.418 e. The number of anilines is 1. The molecule has 0 bridgehead atoms. The summed E-state index contributed by atoms with van der Waals surface area (Å²) >= 11 is 0. The third-order valence-electron chi connectivity index (χ3n) is 3.56. The molecular formula is C14H18F3N. The molecule has 1 saturated carbocycles. The van der Waals surface area contributed by atoms with Crippen LogP contribution in [0.3, 0.4) is 0 Å². The first-order valence-corrected chi connectivity index (χ1v) is 6.21. The van der Waals surface area contributed by atoms with Crippen molar-refractivity contribution in [2.45, 2.75) is 45.3 Å². The number of para-hydroxylation sites is 1. The van der Waals surface area contributed by atoms with Crippen LogP contribution in [0, 0.1) is 5.41 Å². The van der Waals surface area contributed by atoms with Crippen LogP contribution in [0.5, 0.6) is 0 Å². The van der Waals surface area contributed by atoms with Gasteiger partial charge in [0.25, 0.3) is 0 Å².